The molecule has 3 nitrogen and oxygen atoms in total. The van der Waals surface area contributed by atoms with Gasteiger partial charge in [0.2, 0.25) is 0 Å². The molecule has 0 saturated carbocycles. The average molecular weight is 192 g/mol. The average Bonchev–Trinajstić information content (AvgIpc) is 2.23. The summed E-state index contributed by atoms with van der Waals surface area (Å²) in [7, 11) is 1.78. The molecule has 1 saturated heterocycles. The van der Waals surface area contributed by atoms with Crippen LogP contribution in [0.5, 0.6) is 0 Å². The Morgan fingerprint density at radius 2 is 1.93 bits per heavy atom. The first-order valence-corrected chi connectivity index (χ1v) is 5.19. The number of hydrogen-bond donors (Lipinski definition) is 0. The van der Waals surface area contributed by atoms with Crippen molar-refractivity contribution >= 4 is 5.69 Å². The maximum absolute atomic E-state index is 11.4. The van der Waals surface area contributed by atoms with Gasteiger partial charge >= 0.3 is 0 Å². The summed E-state index contributed by atoms with van der Waals surface area (Å²) in [5, 5.41) is 0. The molecule has 0 aromatic carbocycles. The molecule has 0 amide bonds. The van der Waals surface area contributed by atoms with Crippen molar-refractivity contribution in [3.63, 3.8) is 0 Å². The number of aryl methyl sites for hydroxylation is 1. The molecule has 0 atom stereocenters. The van der Waals surface area contributed by atoms with E-state index in [9.17, 15) is 4.79 Å². The summed E-state index contributed by atoms with van der Waals surface area (Å²) >= 11 is 0. The lowest BCUT2D eigenvalue weighted by molar-refractivity contribution is 0.577. The number of aromatic nitrogens is 1. The summed E-state index contributed by atoms with van der Waals surface area (Å²) < 4.78 is 1.60. The third kappa shape index (κ3) is 1.81. The van der Waals surface area contributed by atoms with Gasteiger partial charge in [-0.15, -0.1) is 0 Å². The van der Waals surface area contributed by atoms with Crippen LogP contribution in [0.3, 0.4) is 0 Å². The zero-order valence-electron chi connectivity index (χ0n) is 8.57. The first-order chi connectivity index (χ1) is 6.77. The van der Waals surface area contributed by atoms with E-state index in [1.165, 1.54) is 19.3 Å². The van der Waals surface area contributed by atoms with Crippen molar-refractivity contribution in [3.8, 4) is 0 Å². The van der Waals surface area contributed by atoms with Gasteiger partial charge in [-0.3, -0.25) is 4.79 Å². The van der Waals surface area contributed by atoms with Crippen molar-refractivity contribution in [1.82, 2.24) is 4.57 Å². The fraction of sp³-hybridized carbons (Fsp3) is 0.545. The van der Waals surface area contributed by atoms with E-state index in [0.717, 1.165) is 18.8 Å². The van der Waals surface area contributed by atoms with E-state index in [2.05, 4.69) is 4.90 Å². The number of piperidine rings is 1. The molecule has 1 aliphatic rings. The standard InChI is InChI=1S/C11H16N2O/c1-12-8-5-10(9-11(12)14)13-6-3-2-4-7-13/h5,8-9H,2-4,6-7H2,1H3. The molecule has 1 aromatic rings. The summed E-state index contributed by atoms with van der Waals surface area (Å²) in [6.07, 6.45) is 5.65. The number of anilines is 1. The Bertz CT molecular complexity index is 364. The molecule has 0 unspecified atom stereocenters. The molecule has 2 rings (SSSR count). The van der Waals surface area contributed by atoms with Crippen LogP contribution in [-0.2, 0) is 7.05 Å². The minimum atomic E-state index is 0.0769. The molecule has 1 fully saturated rings. The largest absolute Gasteiger partial charge is 0.371 e. The Hall–Kier alpha value is -1.25. The maximum atomic E-state index is 11.4. The zero-order valence-corrected chi connectivity index (χ0v) is 8.57. The van der Waals surface area contributed by atoms with E-state index < -0.39 is 0 Å². The Morgan fingerprint density at radius 3 is 2.57 bits per heavy atom. The molecular weight excluding hydrogens is 176 g/mol. The van der Waals surface area contributed by atoms with Crippen LogP contribution in [0.15, 0.2) is 23.1 Å². The summed E-state index contributed by atoms with van der Waals surface area (Å²) in [6, 6.07) is 3.75. The van der Waals surface area contributed by atoms with Crippen LogP contribution in [0.25, 0.3) is 0 Å². The van der Waals surface area contributed by atoms with Gasteiger partial charge in [0.25, 0.3) is 5.56 Å². The minimum Gasteiger partial charge on any atom is -0.371 e. The highest BCUT2D eigenvalue weighted by molar-refractivity contribution is 5.44. The van der Waals surface area contributed by atoms with Gasteiger partial charge in [0.05, 0.1) is 0 Å². The lowest BCUT2D eigenvalue weighted by Crippen LogP contribution is -2.30. The summed E-state index contributed by atoms with van der Waals surface area (Å²) in [5.41, 5.74) is 1.15. The molecule has 76 valence electrons. The van der Waals surface area contributed by atoms with Crippen molar-refractivity contribution in [2.75, 3.05) is 18.0 Å². The Balaban J connectivity index is 2.23. The summed E-state index contributed by atoms with van der Waals surface area (Å²) in [5.74, 6) is 0. The van der Waals surface area contributed by atoms with Crippen LogP contribution in [-0.4, -0.2) is 17.7 Å². The molecule has 0 spiro atoms. The zero-order chi connectivity index (χ0) is 9.97. The highest BCUT2D eigenvalue weighted by Crippen LogP contribution is 2.17. The second-order valence-electron chi connectivity index (χ2n) is 3.88. The normalized spacial score (nSPS) is 17.1. The molecule has 0 radical (unpaired) electrons. The molecule has 0 aliphatic carbocycles. The van der Waals surface area contributed by atoms with E-state index >= 15 is 0 Å². The van der Waals surface area contributed by atoms with Crippen molar-refractivity contribution in [2.45, 2.75) is 19.3 Å². The van der Waals surface area contributed by atoms with Crippen LogP contribution in [0.4, 0.5) is 5.69 Å². The SMILES string of the molecule is Cn1ccc(N2CCCCC2)cc1=O. The monoisotopic (exact) mass is 192 g/mol. The maximum Gasteiger partial charge on any atom is 0.252 e. The fourth-order valence-corrected chi connectivity index (χ4v) is 1.89. The topological polar surface area (TPSA) is 25.2 Å². The summed E-state index contributed by atoms with van der Waals surface area (Å²) in [6.45, 7) is 2.18. The van der Waals surface area contributed by atoms with Crippen LogP contribution >= 0.6 is 0 Å². The van der Waals surface area contributed by atoms with Crippen molar-refractivity contribution < 1.29 is 0 Å². The van der Waals surface area contributed by atoms with E-state index in [4.69, 9.17) is 0 Å². The van der Waals surface area contributed by atoms with Gasteiger partial charge in [-0.05, 0) is 25.3 Å². The van der Waals surface area contributed by atoms with Gasteiger partial charge in [-0.2, -0.15) is 0 Å². The van der Waals surface area contributed by atoms with Gasteiger partial charge in [0.1, 0.15) is 0 Å². The van der Waals surface area contributed by atoms with E-state index in [1.807, 2.05) is 12.3 Å². The molecule has 14 heavy (non-hydrogen) atoms. The van der Waals surface area contributed by atoms with Crippen LogP contribution in [0, 0.1) is 0 Å². The van der Waals surface area contributed by atoms with Crippen LogP contribution in [0.2, 0.25) is 0 Å². The molecule has 0 bridgehead atoms. The van der Waals surface area contributed by atoms with Crippen LogP contribution in [0.1, 0.15) is 19.3 Å². The van der Waals surface area contributed by atoms with Gasteiger partial charge < -0.3 is 9.47 Å². The van der Waals surface area contributed by atoms with Gasteiger partial charge in [0.15, 0.2) is 0 Å². The third-order valence-electron chi connectivity index (χ3n) is 2.81. The quantitative estimate of drug-likeness (QED) is 0.671. The number of rotatable bonds is 1. The smallest absolute Gasteiger partial charge is 0.252 e. The predicted molar refractivity (Wildman–Crippen MR) is 57.7 cm³/mol. The minimum absolute atomic E-state index is 0.0769. The van der Waals surface area contributed by atoms with E-state index in [1.54, 1.807) is 17.7 Å². The number of hydrogen-bond acceptors (Lipinski definition) is 2. The van der Waals surface area contributed by atoms with Crippen LogP contribution < -0.4 is 10.5 Å². The first kappa shape index (κ1) is 9.31. The summed E-state index contributed by atoms with van der Waals surface area (Å²) in [4.78, 5) is 13.7. The lowest BCUT2D eigenvalue weighted by atomic mass is 10.1. The molecule has 3 heteroatoms. The Labute approximate surface area is 84.0 Å². The Morgan fingerprint density at radius 1 is 1.21 bits per heavy atom. The van der Waals surface area contributed by atoms with Gasteiger partial charge in [-0.1, -0.05) is 0 Å². The van der Waals surface area contributed by atoms with E-state index in [-0.39, 0.29) is 5.56 Å². The van der Waals surface area contributed by atoms with Crippen molar-refractivity contribution in [2.24, 2.45) is 7.05 Å². The molecule has 1 aromatic heterocycles. The van der Waals surface area contributed by atoms with Crippen molar-refractivity contribution in [3.05, 3.63) is 28.7 Å². The number of nitrogens with zero attached hydrogens (tertiary/aromatic N) is 2. The Kier molecular flexibility index (Phi) is 2.57. The second kappa shape index (κ2) is 3.86. The third-order valence-corrected chi connectivity index (χ3v) is 2.81. The van der Waals surface area contributed by atoms with Gasteiger partial charge in [0, 0.05) is 38.1 Å². The van der Waals surface area contributed by atoms with Crippen molar-refractivity contribution in [1.29, 1.82) is 0 Å². The lowest BCUT2D eigenvalue weighted by Gasteiger charge is -2.28. The molecular formula is C11H16N2O. The highest BCUT2D eigenvalue weighted by atomic mass is 16.1. The number of pyridine rings is 1. The highest BCUT2D eigenvalue weighted by Gasteiger charge is 2.10. The second-order valence-corrected chi connectivity index (χ2v) is 3.88. The van der Waals surface area contributed by atoms with E-state index in [0.29, 0.717) is 0 Å². The first-order valence-electron chi connectivity index (χ1n) is 5.19. The fourth-order valence-electron chi connectivity index (χ4n) is 1.89. The molecule has 2 heterocycles. The van der Waals surface area contributed by atoms with Gasteiger partial charge in [-0.25, -0.2) is 0 Å². The molecule has 0 N–H and O–H groups in total. The predicted octanol–water partition coefficient (Wildman–Crippen LogP) is 1.38. The molecule has 1 aliphatic heterocycles.